The molecular formula is C19H20F3N7O. The van der Waals surface area contributed by atoms with E-state index in [-0.39, 0.29) is 11.0 Å². The number of pyridine rings is 1. The second-order valence-electron chi connectivity index (χ2n) is 8.25. The minimum Gasteiger partial charge on any atom is -0.370 e. The number of fused-ring (bicyclic) bond motifs is 1. The molecular weight excluding hydrogens is 399 g/mol. The Morgan fingerprint density at radius 2 is 1.93 bits per heavy atom. The number of anilines is 2. The van der Waals surface area contributed by atoms with E-state index in [0.29, 0.717) is 48.0 Å². The highest BCUT2D eigenvalue weighted by molar-refractivity contribution is 5.77. The van der Waals surface area contributed by atoms with Gasteiger partial charge in [0.25, 0.3) is 5.56 Å². The lowest BCUT2D eigenvalue weighted by atomic mass is 9.79. The molecule has 2 aliphatic heterocycles. The number of nitrogens with zero attached hydrogens (tertiary/aromatic N) is 6. The summed E-state index contributed by atoms with van der Waals surface area (Å²) in [4.78, 5) is 24.7. The van der Waals surface area contributed by atoms with E-state index < -0.39 is 11.9 Å². The molecule has 5 heterocycles. The van der Waals surface area contributed by atoms with Crippen LogP contribution in [0.15, 0.2) is 23.1 Å². The minimum absolute atomic E-state index is 0.0319. The molecule has 3 aromatic heterocycles. The second kappa shape index (κ2) is 6.19. The average Bonchev–Trinajstić information content (AvgIpc) is 3.27. The Balaban J connectivity index is 1.35. The van der Waals surface area contributed by atoms with Crippen LogP contribution < -0.4 is 15.4 Å². The summed E-state index contributed by atoms with van der Waals surface area (Å²) >= 11 is 0. The highest BCUT2D eigenvalue weighted by Gasteiger charge is 2.48. The van der Waals surface area contributed by atoms with Crippen LogP contribution in [-0.4, -0.2) is 50.9 Å². The number of aromatic amines is 1. The van der Waals surface area contributed by atoms with Gasteiger partial charge in [0, 0.05) is 56.2 Å². The molecule has 3 aromatic rings. The first-order chi connectivity index (χ1) is 14.2. The Bertz CT molecular complexity index is 1190. The first kappa shape index (κ1) is 18.9. The van der Waals surface area contributed by atoms with Gasteiger partial charge in [0.2, 0.25) is 5.95 Å². The second-order valence-corrected chi connectivity index (χ2v) is 8.25. The number of rotatable bonds is 2. The number of hydrogen-bond donors (Lipinski definition) is 1. The van der Waals surface area contributed by atoms with Gasteiger partial charge in [-0.1, -0.05) is 0 Å². The third kappa shape index (κ3) is 2.83. The maximum atomic E-state index is 12.9. The number of nitrogens with one attached hydrogen (secondary N) is 1. The molecule has 0 bridgehead atoms. The Hall–Kier alpha value is -3.11. The zero-order valence-corrected chi connectivity index (χ0v) is 16.5. The number of hydrogen-bond acceptors (Lipinski definition) is 6. The number of halogens is 3. The van der Waals surface area contributed by atoms with Crippen molar-refractivity contribution in [1.29, 1.82) is 0 Å². The van der Waals surface area contributed by atoms with Gasteiger partial charge in [0.05, 0.1) is 0 Å². The molecule has 11 heteroatoms. The molecule has 0 atom stereocenters. The third-order valence-electron chi connectivity index (χ3n) is 6.13. The van der Waals surface area contributed by atoms with Crippen molar-refractivity contribution in [1.82, 2.24) is 24.7 Å². The molecule has 8 nitrogen and oxygen atoms in total. The van der Waals surface area contributed by atoms with Crippen molar-refractivity contribution in [3.05, 3.63) is 40.1 Å². The van der Waals surface area contributed by atoms with Crippen LogP contribution in [0.5, 0.6) is 0 Å². The van der Waals surface area contributed by atoms with Crippen molar-refractivity contribution < 1.29 is 13.2 Å². The maximum Gasteiger partial charge on any atom is 0.433 e. The van der Waals surface area contributed by atoms with Crippen molar-refractivity contribution in [2.45, 2.75) is 19.5 Å². The van der Waals surface area contributed by atoms with Gasteiger partial charge in [-0.3, -0.25) is 19.4 Å². The van der Waals surface area contributed by atoms with Gasteiger partial charge in [-0.2, -0.15) is 23.3 Å². The predicted molar refractivity (Wildman–Crippen MR) is 105 cm³/mol. The largest absolute Gasteiger partial charge is 0.433 e. The van der Waals surface area contributed by atoms with E-state index in [1.54, 1.807) is 24.6 Å². The molecule has 2 aliphatic rings. The fourth-order valence-corrected chi connectivity index (χ4v) is 4.55. The lowest BCUT2D eigenvalue weighted by molar-refractivity contribution is -0.141. The smallest absolute Gasteiger partial charge is 0.370 e. The lowest BCUT2D eigenvalue weighted by Crippen LogP contribution is -2.58. The van der Waals surface area contributed by atoms with Crippen LogP contribution in [0.1, 0.15) is 17.8 Å². The Morgan fingerprint density at radius 3 is 2.67 bits per heavy atom. The van der Waals surface area contributed by atoms with Crippen LogP contribution in [0.2, 0.25) is 0 Å². The fourth-order valence-electron chi connectivity index (χ4n) is 4.55. The maximum absolute atomic E-state index is 12.9. The molecule has 1 N–H and O–H groups in total. The highest BCUT2D eigenvalue weighted by Crippen LogP contribution is 2.43. The third-order valence-corrected chi connectivity index (χ3v) is 6.13. The van der Waals surface area contributed by atoms with Crippen molar-refractivity contribution in [2.24, 2.45) is 12.5 Å². The summed E-state index contributed by atoms with van der Waals surface area (Å²) in [7, 11) is 1.70. The normalized spacial score (nSPS) is 18.4. The summed E-state index contributed by atoms with van der Waals surface area (Å²) in [5.41, 5.74) is 0.562. The summed E-state index contributed by atoms with van der Waals surface area (Å²) < 4.78 is 40.4. The number of alkyl halides is 3. The topological polar surface area (TPSA) is 82.9 Å². The molecule has 0 aliphatic carbocycles. The Morgan fingerprint density at radius 1 is 1.20 bits per heavy atom. The van der Waals surface area contributed by atoms with Gasteiger partial charge < -0.3 is 9.80 Å². The highest BCUT2D eigenvalue weighted by atomic mass is 19.4. The van der Waals surface area contributed by atoms with E-state index in [2.05, 4.69) is 25.1 Å². The van der Waals surface area contributed by atoms with E-state index in [9.17, 15) is 18.0 Å². The fraction of sp³-hybridized carbons (Fsp3) is 0.474. The van der Waals surface area contributed by atoms with Gasteiger partial charge >= 0.3 is 6.18 Å². The zero-order chi connectivity index (χ0) is 21.3. The molecule has 2 saturated heterocycles. The minimum atomic E-state index is -4.46. The standard InChI is InChI=1S/C19H20F3N7O/c1-11-14-15(26-25-11)24-17(27(2)16(14)30)28-6-4-18(8-28)9-29(10-18)12-3-5-23-13(7-12)19(20,21)22/h3,5,7H,4,6,8-10H2,1-2H3,(H,25,26). The Labute approximate surface area is 169 Å². The zero-order valence-electron chi connectivity index (χ0n) is 16.5. The number of aromatic nitrogens is 5. The first-order valence-corrected chi connectivity index (χ1v) is 9.62. The molecule has 5 rings (SSSR count). The van der Waals surface area contributed by atoms with Crippen LogP contribution in [0.25, 0.3) is 11.0 Å². The summed E-state index contributed by atoms with van der Waals surface area (Å²) in [6.07, 6.45) is -2.37. The molecule has 1 spiro atoms. The summed E-state index contributed by atoms with van der Waals surface area (Å²) in [6.45, 7) is 4.52. The summed E-state index contributed by atoms with van der Waals surface area (Å²) in [6, 6.07) is 2.70. The monoisotopic (exact) mass is 419 g/mol. The molecule has 0 saturated carbocycles. The molecule has 0 unspecified atom stereocenters. The van der Waals surface area contributed by atoms with E-state index in [0.717, 1.165) is 19.0 Å². The van der Waals surface area contributed by atoms with Crippen molar-refractivity contribution in [2.75, 3.05) is 36.0 Å². The van der Waals surface area contributed by atoms with Crippen LogP contribution in [0.4, 0.5) is 24.8 Å². The summed E-state index contributed by atoms with van der Waals surface area (Å²) in [5, 5.41) is 7.41. The quantitative estimate of drug-likeness (QED) is 0.685. The van der Waals surface area contributed by atoms with E-state index in [4.69, 9.17) is 0 Å². The number of aryl methyl sites for hydroxylation is 1. The van der Waals surface area contributed by atoms with Gasteiger partial charge in [0.1, 0.15) is 11.1 Å². The van der Waals surface area contributed by atoms with E-state index in [1.807, 2.05) is 4.90 Å². The van der Waals surface area contributed by atoms with Crippen LogP contribution in [0.3, 0.4) is 0 Å². The van der Waals surface area contributed by atoms with E-state index >= 15 is 0 Å². The molecule has 0 amide bonds. The molecule has 0 aromatic carbocycles. The van der Waals surface area contributed by atoms with Crippen molar-refractivity contribution in [3.8, 4) is 0 Å². The van der Waals surface area contributed by atoms with Crippen LogP contribution in [-0.2, 0) is 13.2 Å². The van der Waals surface area contributed by atoms with Crippen LogP contribution in [0, 0.1) is 12.3 Å². The number of H-pyrrole nitrogens is 1. The van der Waals surface area contributed by atoms with E-state index in [1.165, 1.54) is 6.20 Å². The van der Waals surface area contributed by atoms with Crippen molar-refractivity contribution >= 4 is 22.7 Å². The predicted octanol–water partition coefficient (Wildman–Crippen LogP) is 2.10. The van der Waals surface area contributed by atoms with Gasteiger partial charge in [0.15, 0.2) is 5.65 Å². The Kier molecular flexibility index (Phi) is 3.90. The van der Waals surface area contributed by atoms with Gasteiger partial charge in [-0.05, 0) is 25.5 Å². The molecule has 0 radical (unpaired) electrons. The van der Waals surface area contributed by atoms with Gasteiger partial charge in [-0.25, -0.2) is 0 Å². The van der Waals surface area contributed by atoms with Crippen LogP contribution >= 0.6 is 0 Å². The summed E-state index contributed by atoms with van der Waals surface area (Å²) in [5.74, 6) is 0.567. The average molecular weight is 419 g/mol. The molecule has 158 valence electrons. The molecule has 30 heavy (non-hydrogen) atoms. The first-order valence-electron chi connectivity index (χ1n) is 9.62. The van der Waals surface area contributed by atoms with Gasteiger partial charge in [-0.15, -0.1) is 0 Å². The lowest BCUT2D eigenvalue weighted by Gasteiger charge is -2.49. The van der Waals surface area contributed by atoms with Crippen molar-refractivity contribution in [3.63, 3.8) is 0 Å². The molecule has 2 fully saturated rings. The SMILES string of the molecule is Cc1[nH]nc2nc(N3CCC4(CN(c5ccnc(C(F)(F)F)c5)C4)C3)n(C)c(=O)c12.